The van der Waals surface area contributed by atoms with Crippen LogP contribution in [0, 0.1) is 34.5 Å². The molecule has 0 unspecified atom stereocenters. The van der Waals surface area contributed by atoms with Crippen LogP contribution in [0.15, 0.2) is 0 Å². The van der Waals surface area contributed by atoms with Crippen molar-refractivity contribution in [2.45, 2.75) is 90.3 Å². The number of hydrogen-bond donors (Lipinski definition) is 2. The van der Waals surface area contributed by atoms with Gasteiger partial charge in [-0.1, -0.05) is 13.8 Å². The topological polar surface area (TPSA) is 66.8 Å². The molecule has 0 aromatic carbocycles. The van der Waals surface area contributed by atoms with Gasteiger partial charge >= 0.3 is 5.97 Å². The standard InChI is InChI=1S/C24H40O4S/c1-4-28-21(26)14-29-15-24(27)12-9-20-18-6-5-16-13-17(25)7-10-22(16,2)19(18)8-11-23(20,24)3/h16-20,25,27H,4-15H2,1-3H3/t16-,17-,18-,19+,20+,22+,23+,24+/m1/s1. The second-order valence-electron chi connectivity index (χ2n) is 10.9. The fraction of sp³-hybridized carbons (Fsp3) is 0.958. The Hall–Kier alpha value is -0.260. The van der Waals surface area contributed by atoms with E-state index in [9.17, 15) is 15.0 Å². The highest BCUT2D eigenvalue weighted by Gasteiger charge is 2.64. The summed E-state index contributed by atoms with van der Waals surface area (Å²) in [6.45, 7) is 7.10. The van der Waals surface area contributed by atoms with Gasteiger partial charge in [-0.15, -0.1) is 11.8 Å². The van der Waals surface area contributed by atoms with Crippen molar-refractivity contribution in [1.82, 2.24) is 0 Å². The molecule has 166 valence electrons. The maximum atomic E-state index is 11.7. The third kappa shape index (κ3) is 3.57. The first-order valence-electron chi connectivity index (χ1n) is 11.9. The fourth-order valence-electron chi connectivity index (χ4n) is 8.09. The van der Waals surface area contributed by atoms with Gasteiger partial charge in [-0.2, -0.15) is 0 Å². The average molecular weight is 425 g/mol. The molecule has 0 aromatic heterocycles. The highest BCUT2D eigenvalue weighted by molar-refractivity contribution is 8.00. The Balaban J connectivity index is 1.46. The van der Waals surface area contributed by atoms with Gasteiger partial charge in [-0.05, 0) is 93.8 Å². The van der Waals surface area contributed by atoms with Crippen LogP contribution in [0.2, 0.25) is 0 Å². The molecule has 4 rings (SSSR count). The summed E-state index contributed by atoms with van der Waals surface area (Å²) in [5, 5.41) is 21.9. The van der Waals surface area contributed by atoms with Crippen LogP contribution in [0.25, 0.3) is 0 Å². The number of ether oxygens (including phenoxy) is 1. The van der Waals surface area contributed by atoms with Gasteiger partial charge in [0, 0.05) is 11.2 Å². The van der Waals surface area contributed by atoms with E-state index in [1.807, 2.05) is 6.92 Å². The number of hydrogen-bond acceptors (Lipinski definition) is 5. The Kier molecular flexibility index (Phi) is 6.07. The first-order valence-corrected chi connectivity index (χ1v) is 13.0. The zero-order chi connectivity index (χ0) is 20.9. The number of aliphatic hydroxyl groups excluding tert-OH is 1. The number of rotatable bonds is 5. The largest absolute Gasteiger partial charge is 0.465 e. The lowest BCUT2D eigenvalue weighted by atomic mass is 9.44. The summed E-state index contributed by atoms with van der Waals surface area (Å²) >= 11 is 1.55. The van der Waals surface area contributed by atoms with E-state index in [0.717, 1.165) is 38.0 Å². The van der Waals surface area contributed by atoms with Crippen LogP contribution in [0.4, 0.5) is 0 Å². The minimum atomic E-state index is -0.666. The van der Waals surface area contributed by atoms with Crippen LogP contribution < -0.4 is 0 Å². The van der Waals surface area contributed by atoms with Crippen LogP contribution in [-0.2, 0) is 9.53 Å². The molecule has 8 atom stereocenters. The number of fused-ring (bicyclic) bond motifs is 5. The molecule has 0 saturated heterocycles. The van der Waals surface area contributed by atoms with Crippen LogP contribution in [-0.4, -0.2) is 46.0 Å². The second-order valence-corrected chi connectivity index (χ2v) is 11.9. The Labute approximate surface area is 180 Å². The summed E-state index contributed by atoms with van der Waals surface area (Å²) in [6.07, 6.45) is 9.86. The monoisotopic (exact) mass is 424 g/mol. The van der Waals surface area contributed by atoms with E-state index in [1.54, 1.807) is 11.8 Å². The van der Waals surface area contributed by atoms with Crippen LogP contribution in [0.5, 0.6) is 0 Å². The third-order valence-electron chi connectivity index (χ3n) is 9.83. The molecule has 0 heterocycles. The first-order chi connectivity index (χ1) is 13.7. The van der Waals surface area contributed by atoms with Gasteiger partial charge in [0.15, 0.2) is 0 Å². The van der Waals surface area contributed by atoms with E-state index in [2.05, 4.69) is 13.8 Å². The van der Waals surface area contributed by atoms with Gasteiger partial charge in [0.05, 0.1) is 24.1 Å². The Bertz CT molecular complexity index is 626. The maximum absolute atomic E-state index is 11.7. The van der Waals surface area contributed by atoms with E-state index in [0.29, 0.717) is 41.3 Å². The molecule has 29 heavy (non-hydrogen) atoms. The number of carbonyl (C=O) groups is 1. The van der Waals surface area contributed by atoms with Crippen LogP contribution >= 0.6 is 11.8 Å². The van der Waals surface area contributed by atoms with Gasteiger partial charge in [0.2, 0.25) is 0 Å². The predicted molar refractivity (Wildman–Crippen MR) is 117 cm³/mol. The van der Waals surface area contributed by atoms with Crippen molar-refractivity contribution < 1.29 is 19.7 Å². The van der Waals surface area contributed by atoms with Crippen LogP contribution in [0.3, 0.4) is 0 Å². The average Bonchev–Trinajstić information content (AvgIpc) is 2.94. The molecule has 0 amide bonds. The second kappa shape index (κ2) is 8.02. The summed E-state index contributed by atoms with van der Waals surface area (Å²) in [4.78, 5) is 11.7. The zero-order valence-corrected chi connectivity index (χ0v) is 19.3. The number of esters is 1. The normalized spacial score (nSPS) is 49.1. The summed E-state index contributed by atoms with van der Waals surface area (Å²) < 4.78 is 5.05. The van der Waals surface area contributed by atoms with Crippen molar-refractivity contribution in [1.29, 1.82) is 0 Å². The lowest BCUT2D eigenvalue weighted by Crippen LogP contribution is -2.57. The lowest BCUT2D eigenvalue weighted by Gasteiger charge is -2.61. The maximum Gasteiger partial charge on any atom is 0.315 e. The van der Waals surface area contributed by atoms with Crippen molar-refractivity contribution in [2.75, 3.05) is 18.1 Å². The van der Waals surface area contributed by atoms with Gasteiger partial charge in [-0.25, -0.2) is 0 Å². The van der Waals surface area contributed by atoms with Gasteiger partial charge < -0.3 is 14.9 Å². The van der Waals surface area contributed by atoms with Crippen molar-refractivity contribution in [3.05, 3.63) is 0 Å². The lowest BCUT2D eigenvalue weighted by molar-refractivity contribution is -0.152. The van der Waals surface area contributed by atoms with Gasteiger partial charge in [0.25, 0.3) is 0 Å². The zero-order valence-electron chi connectivity index (χ0n) is 18.5. The summed E-state index contributed by atoms with van der Waals surface area (Å²) in [6, 6.07) is 0. The molecule has 0 spiro atoms. The number of carbonyl (C=O) groups excluding carboxylic acids is 1. The molecule has 5 heteroatoms. The van der Waals surface area contributed by atoms with Crippen molar-refractivity contribution >= 4 is 17.7 Å². The molecular weight excluding hydrogens is 384 g/mol. The molecule has 2 N–H and O–H groups in total. The molecular formula is C24H40O4S. The van der Waals surface area contributed by atoms with E-state index in [-0.39, 0.29) is 17.5 Å². The van der Waals surface area contributed by atoms with Crippen molar-refractivity contribution in [2.24, 2.45) is 34.5 Å². The van der Waals surface area contributed by atoms with E-state index in [1.165, 1.54) is 25.7 Å². The molecule has 4 aliphatic carbocycles. The molecule has 4 aliphatic rings. The summed E-state index contributed by atoms with van der Waals surface area (Å²) in [7, 11) is 0. The van der Waals surface area contributed by atoms with Gasteiger partial charge in [-0.3, -0.25) is 4.79 Å². The SMILES string of the molecule is CCOC(=O)CSC[C@@]1(O)CC[C@H]2[C@@H]3CC[C@@H]4C[C@H](O)CC[C@]4(C)[C@H]3CC[C@@]21C. The highest BCUT2D eigenvalue weighted by atomic mass is 32.2. The molecule has 4 saturated carbocycles. The molecule has 0 aromatic rings. The minimum absolute atomic E-state index is 0.0345. The molecule has 0 bridgehead atoms. The quantitative estimate of drug-likeness (QED) is 0.640. The van der Waals surface area contributed by atoms with Gasteiger partial charge in [0.1, 0.15) is 0 Å². The fourth-order valence-corrected chi connectivity index (χ4v) is 9.25. The Morgan fingerprint density at radius 2 is 1.83 bits per heavy atom. The Morgan fingerprint density at radius 3 is 2.59 bits per heavy atom. The predicted octanol–water partition coefficient (Wildman–Crippen LogP) is 4.42. The summed E-state index contributed by atoms with van der Waals surface area (Å²) in [5.74, 6) is 3.55. The first kappa shape index (κ1) is 22.0. The van der Waals surface area contributed by atoms with E-state index in [4.69, 9.17) is 4.74 Å². The smallest absolute Gasteiger partial charge is 0.315 e. The van der Waals surface area contributed by atoms with Crippen LogP contribution in [0.1, 0.15) is 78.6 Å². The number of aliphatic hydroxyl groups is 2. The molecule has 0 aliphatic heterocycles. The van der Waals surface area contributed by atoms with E-state index >= 15 is 0 Å². The summed E-state index contributed by atoms with van der Waals surface area (Å²) in [5.41, 5.74) is -0.323. The molecule has 4 fully saturated rings. The van der Waals surface area contributed by atoms with E-state index < -0.39 is 5.60 Å². The van der Waals surface area contributed by atoms with Crippen molar-refractivity contribution in [3.8, 4) is 0 Å². The number of thioether (sulfide) groups is 1. The molecule has 4 nitrogen and oxygen atoms in total. The van der Waals surface area contributed by atoms with Crippen molar-refractivity contribution in [3.63, 3.8) is 0 Å². The highest BCUT2D eigenvalue weighted by Crippen LogP contribution is 2.68. The third-order valence-corrected chi connectivity index (χ3v) is 10.9. The minimum Gasteiger partial charge on any atom is -0.465 e. The molecule has 0 radical (unpaired) electrons. The Morgan fingerprint density at radius 1 is 1.07 bits per heavy atom.